The van der Waals surface area contributed by atoms with Crippen LogP contribution in [0.5, 0.6) is 0 Å². The fourth-order valence-corrected chi connectivity index (χ4v) is 4.72. The van der Waals surface area contributed by atoms with Crippen LogP contribution in [0.1, 0.15) is 36.3 Å². The number of hydrogen-bond donors (Lipinski definition) is 2. The van der Waals surface area contributed by atoms with Crippen LogP contribution in [-0.2, 0) is 11.3 Å². The molecule has 1 atom stereocenters. The van der Waals surface area contributed by atoms with Crippen LogP contribution in [0.15, 0.2) is 47.6 Å². The number of aromatic nitrogens is 3. The van der Waals surface area contributed by atoms with E-state index in [-0.39, 0.29) is 17.7 Å². The molecule has 0 bridgehead atoms. The number of aryl methyl sites for hydroxylation is 1. The molecule has 0 saturated heterocycles. The van der Waals surface area contributed by atoms with Crippen molar-refractivity contribution in [3.8, 4) is 0 Å². The molecule has 0 saturated carbocycles. The molecule has 0 aliphatic rings. The highest BCUT2D eigenvalue weighted by molar-refractivity contribution is 7.99. The minimum Gasteiger partial charge on any atom is -0.331 e. The molecule has 9 heteroatoms. The van der Waals surface area contributed by atoms with Gasteiger partial charge in [0.2, 0.25) is 5.91 Å². The maximum Gasteiger partial charge on any atom is 0.234 e. The number of halogens is 2. The summed E-state index contributed by atoms with van der Waals surface area (Å²) in [7, 11) is 4.23. The Morgan fingerprint density at radius 1 is 1.16 bits per heavy atom. The number of hydrogen-bond acceptors (Lipinski definition) is 4. The summed E-state index contributed by atoms with van der Waals surface area (Å²) in [6, 6.07) is 13.9. The zero-order valence-corrected chi connectivity index (χ0v) is 21.0. The Bertz CT molecular complexity index is 1070. The average Bonchev–Trinajstić information content (AvgIpc) is 3.15. The number of anilines is 1. The molecule has 0 fully saturated rings. The summed E-state index contributed by atoms with van der Waals surface area (Å²) in [6.45, 7) is 4.66. The highest BCUT2D eigenvalue weighted by atomic mass is 35.5. The SMILES string of the molecule is CC[C@@H](c1nnc(SCC(=O)Nc2c(Cl)ccc(C)c2Cl)n1Cc1ccccc1)[NH+](C)C. The highest BCUT2D eigenvalue weighted by Crippen LogP contribution is 2.33. The third-order valence-corrected chi connectivity index (χ3v) is 7.00. The number of nitrogens with zero attached hydrogens (tertiary/aromatic N) is 3. The summed E-state index contributed by atoms with van der Waals surface area (Å²) >= 11 is 13.9. The second-order valence-corrected chi connectivity index (χ2v) is 9.57. The summed E-state index contributed by atoms with van der Waals surface area (Å²) in [4.78, 5) is 13.9. The van der Waals surface area contributed by atoms with Gasteiger partial charge in [0.15, 0.2) is 11.0 Å². The normalized spacial score (nSPS) is 12.2. The number of quaternary nitrogens is 1. The first-order chi connectivity index (χ1) is 15.3. The Hall–Kier alpha value is -2.06. The van der Waals surface area contributed by atoms with E-state index in [4.69, 9.17) is 23.2 Å². The lowest BCUT2D eigenvalue weighted by molar-refractivity contribution is -0.893. The summed E-state index contributed by atoms with van der Waals surface area (Å²) in [5.41, 5.74) is 2.44. The summed E-state index contributed by atoms with van der Waals surface area (Å²) in [5, 5.41) is 13.3. The van der Waals surface area contributed by atoms with Crippen molar-refractivity contribution in [1.82, 2.24) is 14.8 Å². The van der Waals surface area contributed by atoms with Gasteiger partial charge in [-0.1, -0.05) is 78.3 Å². The van der Waals surface area contributed by atoms with Crippen molar-refractivity contribution >= 4 is 46.6 Å². The molecule has 32 heavy (non-hydrogen) atoms. The molecule has 170 valence electrons. The van der Waals surface area contributed by atoms with Crippen molar-refractivity contribution in [1.29, 1.82) is 0 Å². The molecule has 2 aromatic carbocycles. The highest BCUT2D eigenvalue weighted by Gasteiger charge is 2.25. The zero-order valence-electron chi connectivity index (χ0n) is 18.7. The molecular formula is C23H28Cl2N5OS+. The summed E-state index contributed by atoms with van der Waals surface area (Å²) in [6.07, 6.45) is 0.935. The lowest BCUT2D eigenvalue weighted by Gasteiger charge is -2.20. The van der Waals surface area contributed by atoms with Crippen LogP contribution in [0.25, 0.3) is 0 Å². The quantitative estimate of drug-likeness (QED) is 0.437. The average molecular weight is 493 g/mol. The second-order valence-electron chi connectivity index (χ2n) is 7.84. The number of benzene rings is 2. The Balaban J connectivity index is 1.81. The fraction of sp³-hybridized carbons (Fsp3) is 0.348. The predicted octanol–water partition coefficient (Wildman–Crippen LogP) is 4.27. The molecule has 0 unspecified atom stereocenters. The van der Waals surface area contributed by atoms with Crippen molar-refractivity contribution in [2.75, 3.05) is 25.2 Å². The van der Waals surface area contributed by atoms with E-state index < -0.39 is 0 Å². The van der Waals surface area contributed by atoms with Crippen molar-refractivity contribution in [3.63, 3.8) is 0 Å². The molecular weight excluding hydrogens is 465 g/mol. The molecule has 2 N–H and O–H groups in total. The maximum atomic E-state index is 12.7. The second kappa shape index (κ2) is 11.2. The van der Waals surface area contributed by atoms with Crippen molar-refractivity contribution in [2.24, 2.45) is 0 Å². The monoisotopic (exact) mass is 492 g/mol. The van der Waals surface area contributed by atoms with Gasteiger partial charge in [0.25, 0.3) is 0 Å². The summed E-state index contributed by atoms with van der Waals surface area (Å²) in [5.74, 6) is 0.883. The van der Waals surface area contributed by atoms with Crippen LogP contribution in [0, 0.1) is 6.92 Å². The molecule has 3 rings (SSSR count). The molecule has 0 aliphatic heterocycles. The lowest BCUT2D eigenvalue weighted by Crippen LogP contribution is -3.06. The Morgan fingerprint density at radius 2 is 1.88 bits per heavy atom. The van der Waals surface area contributed by atoms with Gasteiger partial charge in [-0.15, -0.1) is 10.2 Å². The molecule has 1 aromatic heterocycles. The summed E-state index contributed by atoms with van der Waals surface area (Å²) < 4.78 is 2.11. The van der Waals surface area contributed by atoms with Gasteiger partial charge < -0.3 is 10.2 Å². The lowest BCUT2D eigenvalue weighted by atomic mass is 10.2. The van der Waals surface area contributed by atoms with E-state index in [0.29, 0.717) is 27.4 Å². The number of carbonyl (C=O) groups is 1. The van der Waals surface area contributed by atoms with Crippen molar-refractivity contribution in [3.05, 3.63) is 69.5 Å². The third-order valence-electron chi connectivity index (χ3n) is 5.23. The van der Waals surface area contributed by atoms with Crippen LogP contribution in [0.3, 0.4) is 0 Å². The zero-order chi connectivity index (χ0) is 23.3. The van der Waals surface area contributed by atoms with E-state index in [1.807, 2.05) is 31.2 Å². The predicted molar refractivity (Wildman–Crippen MR) is 132 cm³/mol. The van der Waals surface area contributed by atoms with E-state index in [9.17, 15) is 4.79 Å². The van der Waals surface area contributed by atoms with E-state index >= 15 is 0 Å². The van der Waals surface area contributed by atoms with Gasteiger partial charge in [0, 0.05) is 6.42 Å². The first-order valence-electron chi connectivity index (χ1n) is 10.5. The van der Waals surface area contributed by atoms with Gasteiger partial charge in [-0.2, -0.15) is 0 Å². The fourth-order valence-electron chi connectivity index (χ4n) is 3.51. The Morgan fingerprint density at radius 3 is 2.53 bits per heavy atom. The van der Waals surface area contributed by atoms with Crippen LogP contribution in [0.4, 0.5) is 5.69 Å². The molecule has 0 aliphatic carbocycles. The first kappa shape index (κ1) is 24.6. The maximum absolute atomic E-state index is 12.7. The van der Waals surface area contributed by atoms with E-state index in [0.717, 1.165) is 23.4 Å². The Labute approximate surface area is 203 Å². The minimum absolute atomic E-state index is 0.166. The smallest absolute Gasteiger partial charge is 0.234 e. The molecule has 6 nitrogen and oxygen atoms in total. The van der Waals surface area contributed by atoms with E-state index in [1.54, 1.807) is 6.07 Å². The van der Waals surface area contributed by atoms with Gasteiger partial charge in [-0.3, -0.25) is 9.36 Å². The number of amides is 1. The van der Waals surface area contributed by atoms with Crippen LogP contribution >= 0.6 is 35.0 Å². The van der Waals surface area contributed by atoms with Crippen LogP contribution in [-0.4, -0.2) is 40.5 Å². The number of nitrogens with one attached hydrogen (secondary N) is 2. The molecule has 1 amide bonds. The topological polar surface area (TPSA) is 64.2 Å². The van der Waals surface area contributed by atoms with Crippen molar-refractivity contribution < 1.29 is 9.69 Å². The Kier molecular flexibility index (Phi) is 8.59. The van der Waals surface area contributed by atoms with Gasteiger partial charge in [0.05, 0.1) is 42.1 Å². The van der Waals surface area contributed by atoms with Crippen LogP contribution in [0.2, 0.25) is 10.0 Å². The largest absolute Gasteiger partial charge is 0.331 e. The number of rotatable bonds is 9. The number of carbonyl (C=O) groups excluding carboxylic acids is 1. The standard InChI is InChI=1S/C23H27Cl2N5OS/c1-5-18(29(3)4)22-27-28-23(30(22)13-16-9-7-6-8-10-16)32-14-19(31)26-21-17(24)12-11-15(2)20(21)25/h6-12,18H,5,13-14H2,1-4H3,(H,26,31)/p+1/t18-/m0/s1. The van der Waals surface area contributed by atoms with E-state index in [1.165, 1.54) is 16.7 Å². The molecule has 3 aromatic rings. The van der Waals surface area contributed by atoms with Gasteiger partial charge in [-0.25, -0.2) is 0 Å². The van der Waals surface area contributed by atoms with Gasteiger partial charge in [0.1, 0.15) is 6.04 Å². The number of thioether (sulfide) groups is 1. The molecule has 1 heterocycles. The third kappa shape index (κ3) is 5.84. The van der Waals surface area contributed by atoms with Crippen molar-refractivity contribution in [2.45, 2.75) is 38.0 Å². The van der Waals surface area contributed by atoms with Gasteiger partial charge in [-0.05, 0) is 24.1 Å². The first-order valence-corrected chi connectivity index (χ1v) is 12.2. The molecule has 0 radical (unpaired) electrons. The van der Waals surface area contributed by atoms with E-state index in [2.05, 4.69) is 53.2 Å². The minimum atomic E-state index is -0.203. The molecule has 0 spiro atoms. The van der Waals surface area contributed by atoms with Crippen LogP contribution < -0.4 is 10.2 Å². The van der Waals surface area contributed by atoms with Gasteiger partial charge >= 0.3 is 0 Å².